The first-order valence-corrected chi connectivity index (χ1v) is 11.7. The summed E-state index contributed by atoms with van der Waals surface area (Å²) in [5.41, 5.74) is 13.1. The van der Waals surface area contributed by atoms with Gasteiger partial charge in [0.05, 0.1) is 17.5 Å². The molecule has 6 rings (SSSR count). The maximum absolute atomic E-state index is 13.9. The van der Waals surface area contributed by atoms with Crippen LogP contribution in [0.5, 0.6) is 0 Å². The van der Waals surface area contributed by atoms with Crippen LogP contribution in [0.15, 0.2) is 82.6 Å². The van der Waals surface area contributed by atoms with Gasteiger partial charge < -0.3 is 0 Å². The van der Waals surface area contributed by atoms with Gasteiger partial charge in [-0.1, -0.05) is 47.9 Å². The Kier molecular flexibility index (Phi) is 4.76. The van der Waals surface area contributed by atoms with Gasteiger partial charge in [0.25, 0.3) is 5.56 Å². The predicted molar refractivity (Wildman–Crippen MR) is 142 cm³/mol. The summed E-state index contributed by atoms with van der Waals surface area (Å²) >= 11 is 0. The quantitative estimate of drug-likeness (QED) is 0.258. The van der Waals surface area contributed by atoms with E-state index < -0.39 is 0 Å². The number of imidazole rings is 1. The van der Waals surface area contributed by atoms with Gasteiger partial charge in [-0.2, -0.15) is 5.26 Å². The SMILES string of the molecule is C/C(C#N)=C\c1c(C)nc2c3ccc(C4=C=C=CC=C4)c4c(C5=CC=CCC5)ccc(c(=O)n12)c43. The highest BCUT2D eigenvalue weighted by Gasteiger charge is 2.22. The number of pyridine rings is 1. The number of nitrogens with zero attached hydrogens (tertiary/aromatic N) is 3. The highest BCUT2D eigenvalue weighted by atomic mass is 16.1. The van der Waals surface area contributed by atoms with Crippen LogP contribution in [0.25, 0.3) is 44.4 Å². The summed E-state index contributed by atoms with van der Waals surface area (Å²) in [6, 6.07) is 10.3. The molecule has 2 aromatic heterocycles. The number of benzene rings is 2. The van der Waals surface area contributed by atoms with Crippen molar-refractivity contribution in [2.75, 3.05) is 0 Å². The van der Waals surface area contributed by atoms with Gasteiger partial charge in [0.15, 0.2) is 0 Å². The molecule has 0 bridgehead atoms. The van der Waals surface area contributed by atoms with Crippen molar-refractivity contribution in [3.05, 3.63) is 111 Å². The van der Waals surface area contributed by atoms with Gasteiger partial charge in [-0.3, -0.25) is 9.20 Å². The lowest BCUT2D eigenvalue weighted by Gasteiger charge is -2.18. The van der Waals surface area contributed by atoms with Crippen LogP contribution in [-0.2, 0) is 0 Å². The largest absolute Gasteiger partial charge is 0.268 e. The van der Waals surface area contributed by atoms with Gasteiger partial charge in [-0.25, -0.2) is 4.98 Å². The Morgan fingerprint density at radius 3 is 2.71 bits per heavy atom. The van der Waals surface area contributed by atoms with Crippen molar-refractivity contribution in [3.8, 4) is 6.07 Å². The molecule has 2 aliphatic rings. The van der Waals surface area contributed by atoms with E-state index in [-0.39, 0.29) is 5.56 Å². The molecular formula is C31H21N3O. The molecule has 4 aromatic rings. The summed E-state index contributed by atoms with van der Waals surface area (Å²) in [4.78, 5) is 18.7. The van der Waals surface area contributed by atoms with Crippen LogP contribution >= 0.6 is 0 Å². The second kappa shape index (κ2) is 7.97. The lowest BCUT2D eigenvalue weighted by Crippen LogP contribution is -2.15. The Balaban J connectivity index is 1.83. The number of rotatable bonds is 3. The second-order valence-electron chi connectivity index (χ2n) is 8.92. The van der Waals surface area contributed by atoms with E-state index in [9.17, 15) is 10.1 Å². The van der Waals surface area contributed by atoms with Crippen LogP contribution in [-0.4, -0.2) is 9.38 Å². The molecule has 0 spiro atoms. The number of aromatic nitrogens is 2. The Morgan fingerprint density at radius 2 is 1.97 bits per heavy atom. The highest BCUT2D eigenvalue weighted by molar-refractivity contribution is 6.20. The van der Waals surface area contributed by atoms with E-state index in [4.69, 9.17) is 4.98 Å². The predicted octanol–water partition coefficient (Wildman–Crippen LogP) is 6.67. The van der Waals surface area contributed by atoms with Gasteiger partial charge in [-0.05, 0) is 79.1 Å². The average molecular weight is 452 g/mol. The van der Waals surface area contributed by atoms with Crippen LogP contribution in [0, 0.1) is 18.3 Å². The third-order valence-corrected chi connectivity index (χ3v) is 6.76. The van der Waals surface area contributed by atoms with Gasteiger partial charge >= 0.3 is 0 Å². The van der Waals surface area contributed by atoms with Crippen molar-refractivity contribution in [2.24, 2.45) is 0 Å². The number of hydrogen-bond acceptors (Lipinski definition) is 3. The molecule has 2 aliphatic carbocycles. The molecule has 0 fully saturated rings. The fourth-order valence-electron chi connectivity index (χ4n) is 5.14. The third kappa shape index (κ3) is 3.15. The van der Waals surface area contributed by atoms with E-state index >= 15 is 0 Å². The molecule has 2 heterocycles. The Hall–Kier alpha value is -4.67. The molecule has 0 amide bonds. The van der Waals surface area contributed by atoms with Crippen molar-refractivity contribution in [2.45, 2.75) is 26.7 Å². The third-order valence-electron chi connectivity index (χ3n) is 6.76. The Morgan fingerprint density at radius 1 is 1.14 bits per heavy atom. The Labute approximate surface area is 202 Å². The van der Waals surface area contributed by atoms with Gasteiger partial charge in [0.2, 0.25) is 0 Å². The first-order chi connectivity index (χ1) is 17.1. The van der Waals surface area contributed by atoms with Crippen LogP contribution < -0.4 is 5.56 Å². The molecule has 0 atom stereocenters. The van der Waals surface area contributed by atoms with Crippen LogP contribution in [0.4, 0.5) is 0 Å². The van der Waals surface area contributed by atoms with Crippen LogP contribution in [0.1, 0.15) is 42.3 Å². The molecule has 0 N–H and O–H groups in total. The maximum Gasteiger partial charge on any atom is 0.264 e. The number of fused-ring (bicyclic) bond motifs is 2. The minimum absolute atomic E-state index is 0.125. The molecule has 0 aliphatic heterocycles. The van der Waals surface area contributed by atoms with E-state index in [1.165, 1.54) is 5.57 Å². The summed E-state index contributed by atoms with van der Waals surface area (Å²) in [5, 5.41) is 12.8. The number of nitriles is 1. The zero-order chi connectivity index (χ0) is 24.1. The zero-order valence-corrected chi connectivity index (χ0v) is 19.5. The molecule has 2 aromatic carbocycles. The van der Waals surface area contributed by atoms with Gasteiger partial charge in [-0.15, -0.1) is 0 Å². The lowest BCUT2D eigenvalue weighted by atomic mass is 9.86. The first kappa shape index (κ1) is 20.9. The molecule has 0 unspecified atom stereocenters. The minimum Gasteiger partial charge on any atom is -0.268 e. The van der Waals surface area contributed by atoms with Crippen molar-refractivity contribution >= 4 is 44.4 Å². The summed E-state index contributed by atoms with van der Waals surface area (Å²) in [7, 11) is 0. The van der Waals surface area contributed by atoms with Crippen molar-refractivity contribution < 1.29 is 0 Å². The number of hydrogen-bond donors (Lipinski definition) is 0. The zero-order valence-electron chi connectivity index (χ0n) is 19.5. The van der Waals surface area contributed by atoms with Crippen molar-refractivity contribution in [1.82, 2.24) is 9.38 Å². The normalized spacial score (nSPS) is 15.3. The summed E-state index contributed by atoms with van der Waals surface area (Å²) < 4.78 is 1.65. The molecule has 0 saturated carbocycles. The first-order valence-electron chi connectivity index (χ1n) is 11.7. The van der Waals surface area contributed by atoms with Gasteiger partial charge in [0.1, 0.15) is 5.65 Å². The molecule has 166 valence electrons. The molecule has 35 heavy (non-hydrogen) atoms. The highest BCUT2D eigenvalue weighted by Crippen LogP contribution is 2.40. The van der Waals surface area contributed by atoms with E-state index in [0.717, 1.165) is 51.4 Å². The molecular weight excluding hydrogens is 430 g/mol. The number of aryl methyl sites for hydroxylation is 1. The standard InChI is InChI=1S/C31H21N3O/c1-19(18-32)17-27-20(2)33-30-25-15-13-23(21-9-5-3-6-10-21)28-24(22-11-7-4-8-12-22)14-16-26(29(25)28)31(35)34(27)30/h3-5,7,9,11,13-17H,8,12H2,1-2H3/b19-17+. The summed E-state index contributed by atoms with van der Waals surface area (Å²) in [5.74, 6) is 0. The number of allylic oxidation sites excluding steroid dienone is 9. The fourth-order valence-corrected chi connectivity index (χ4v) is 5.14. The average Bonchev–Trinajstić information content (AvgIpc) is 3.23. The van der Waals surface area contributed by atoms with E-state index in [0.29, 0.717) is 22.3 Å². The summed E-state index contributed by atoms with van der Waals surface area (Å²) in [6.45, 7) is 3.62. The smallest absolute Gasteiger partial charge is 0.264 e. The molecule has 4 heteroatoms. The van der Waals surface area contributed by atoms with Crippen molar-refractivity contribution in [1.29, 1.82) is 5.26 Å². The second-order valence-corrected chi connectivity index (χ2v) is 8.92. The van der Waals surface area contributed by atoms with Crippen LogP contribution in [0.3, 0.4) is 0 Å². The Bertz CT molecular complexity index is 1910. The maximum atomic E-state index is 13.9. The van der Waals surface area contributed by atoms with Crippen LogP contribution in [0.2, 0.25) is 0 Å². The monoisotopic (exact) mass is 451 g/mol. The van der Waals surface area contributed by atoms with E-state index in [1.807, 2.05) is 31.2 Å². The lowest BCUT2D eigenvalue weighted by molar-refractivity contribution is 1.06. The summed E-state index contributed by atoms with van der Waals surface area (Å²) in [6.07, 6.45) is 16.0. The van der Waals surface area contributed by atoms with E-state index in [2.05, 4.69) is 54.0 Å². The molecule has 0 radical (unpaired) electrons. The molecule has 0 saturated heterocycles. The fraction of sp³-hybridized carbons (Fsp3) is 0.129. The van der Waals surface area contributed by atoms with Gasteiger partial charge in [0, 0.05) is 27.3 Å². The van der Waals surface area contributed by atoms with Crippen molar-refractivity contribution in [3.63, 3.8) is 0 Å². The van der Waals surface area contributed by atoms with E-state index in [1.54, 1.807) is 17.4 Å². The topological polar surface area (TPSA) is 58.2 Å². The molecule has 4 nitrogen and oxygen atoms in total. The minimum atomic E-state index is -0.125.